The zero-order valence-corrected chi connectivity index (χ0v) is 11.3. The second-order valence-electron chi connectivity index (χ2n) is 4.50. The number of benzene rings is 2. The standard InChI is InChI=1S/C17H17NO2/c1-13(20)18-17(12-19)11-14-7-9-16(10-8-14)15-5-3-2-4-6-15/h2-11,19H,12H2,1H3,(H,18,20). The maximum Gasteiger partial charge on any atom is 0.221 e. The van der Waals surface area contributed by atoms with Gasteiger partial charge < -0.3 is 10.4 Å². The smallest absolute Gasteiger partial charge is 0.221 e. The van der Waals surface area contributed by atoms with Gasteiger partial charge in [-0.15, -0.1) is 0 Å². The van der Waals surface area contributed by atoms with Gasteiger partial charge in [-0.25, -0.2) is 0 Å². The molecule has 0 saturated heterocycles. The molecule has 0 saturated carbocycles. The van der Waals surface area contributed by atoms with Crippen molar-refractivity contribution in [2.75, 3.05) is 6.61 Å². The fourth-order valence-corrected chi connectivity index (χ4v) is 1.95. The predicted molar refractivity (Wildman–Crippen MR) is 80.8 cm³/mol. The summed E-state index contributed by atoms with van der Waals surface area (Å²) >= 11 is 0. The van der Waals surface area contributed by atoms with Gasteiger partial charge in [0.2, 0.25) is 5.91 Å². The van der Waals surface area contributed by atoms with Crippen LogP contribution in [0.1, 0.15) is 12.5 Å². The molecule has 0 bridgehead atoms. The molecule has 0 spiro atoms. The molecular formula is C17H17NO2. The van der Waals surface area contributed by atoms with Crippen molar-refractivity contribution in [2.45, 2.75) is 6.92 Å². The maximum atomic E-state index is 11.0. The van der Waals surface area contributed by atoms with Gasteiger partial charge in [0.1, 0.15) is 0 Å². The van der Waals surface area contributed by atoms with Gasteiger partial charge in [-0.05, 0) is 22.8 Å². The summed E-state index contributed by atoms with van der Waals surface area (Å²) in [5.41, 5.74) is 3.72. The van der Waals surface area contributed by atoms with Gasteiger partial charge in [-0.1, -0.05) is 54.6 Å². The van der Waals surface area contributed by atoms with Crippen molar-refractivity contribution < 1.29 is 9.90 Å². The van der Waals surface area contributed by atoms with Crippen LogP contribution >= 0.6 is 0 Å². The number of hydrogen-bond acceptors (Lipinski definition) is 2. The largest absolute Gasteiger partial charge is 0.390 e. The van der Waals surface area contributed by atoms with E-state index in [1.165, 1.54) is 6.92 Å². The fourth-order valence-electron chi connectivity index (χ4n) is 1.95. The number of nitrogens with one attached hydrogen (secondary N) is 1. The van der Waals surface area contributed by atoms with E-state index in [1.807, 2.05) is 42.5 Å². The van der Waals surface area contributed by atoms with E-state index in [4.69, 9.17) is 0 Å². The molecule has 2 aromatic carbocycles. The fraction of sp³-hybridized carbons (Fsp3) is 0.118. The van der Waals surface area contributed by atoms with Crippen molar-refractivity contribution in [3.63, 3.8) is 0 Å². The van der Waals surface area contributed by atoms with Gasteiger partial charge >= 0.3 is 0 Å². The molecule has 3 nitrogen and oxygen atoms in total. The zero-order chi connectivity index (χ0) is 14.4. The second kappa shape index (κ2) is 6.68. The number of carbonyl (C=O) groups is 1. The van der Waals surface area contributed by atoms with Crippen LogP contribution in [0.15, 0.2) is 60.3 Å². The summed E-state index contributed by atoms with van der Waals surface area (Å²) in [5.74, 6) is -0.189. The molecule has 3 heteroatoms. The third-order valence-electron chi connectivity index (χ3n) is 2.87. The van der Waals surface area contributed by atoms with E-state index in [-0.39, 0.29) is 12.5 Å². The van der Waals surface area contributed by atoms with Gasteiger partial charge in [0.05, 0.1) is 6.61 Å². The Morgan fingerprint density at radius 1 is 1.05 bits per heavy atom. The molecule has 0 radical (unpaired) electrons. The summed E-state index contributed by atoms with van der Waals surface area (Å²) in [6.45, 7) is 1.22. The lowest BCUT2D eigenvalue weighted by molar-refractivity contribution is -0.118. The van der Waals surface area contributed by atoms with Crippen molar-refractivity contribution in [1.82, 2.24) is 5.32 Å². The first-order valence-electron chi connectivity index (χ1n) is 6.43. The van der Waals surface area contributed by atoms with Crippen LogP contribution in [-0.4, -0.2) is 17.6 Å². The van der Waals surface area contributed by atoms with Crippen LogP contribution in [0.2, 0.25) is 0 Å². The minimum absolute atomic E-state index is 0.189. The van der Waals surface area contributed by atoms with E-state index < -0.39 is 0 Å². The average molecular weight is 267 g/mol. The molecule has 0 fully saturated rings. The van der Waals surface area contributed by atoms with E-state index in [0.717, 1.165) is 16.7 Å². The van der Waals surface area contributed by atoms with Crippen LogP contribution in [0.3, 0.4) is 0 Å². The first-order chi connectivity index (χ1) is 9.69. The van der Waals surface area contributed by atoms with Crippen LogP contribution in [0.5, 0.6) is 0 Å². The molecule has 102 valence electrons. The van der Waals surface area contributed by atoms with Crippen molar-refractivity contribution in [3.05, 3.63) is 65.9 Å². The normalized spacial score (nSPS) is 11.2. The summed E-state index contributed by atoms with van der Waals surface area (Å²) < 4.78 is 0. The molecule has 0 aliphatic heterocycles. The summed E-state index contributed by atoms with van der Waals surface area (Å²) in [6.07, 6.45) is 1.76. The monoisotopic (exact) mass is 267 g/mol. The number of rotatable bonds is 4. The van der Waals surface area contributed by atoms with Crippen LogP contribution in [0.25, 0.3) is 17.2 Å². The number of amides is 1. The van der Waals surface area contributed by atoms with E-state index in [9.17, 15) is 9.90 Å². The predicted octanol–water partition coefficient (Wildman–Crippen LogP) is 2.82. The number of aliphatic hydroxyl groups is 1. The third-order valence-corrected chi connectivity index (χ3v) is 2.87. The van der Waals surface area contributed by atoms with E-state index in [2.05, 4.69) is 17.4 Å². The number of hydrogen-bond donors (Lipinski definition) is 2. The van der Waals surface area contributed by atoms with Gasteiger partial charge in [0.15, 0.2) is 0 Å². The summed E-state index contributed by atoms with van der Waals surface area (Å²) in [7, 11) is 0. The van der Waals surface area contributed by atoms with E-state index in [1.54, 1.807) is 6.08 Å². The molecule has 0 unspecified atom stereocenters. The summed E-state index contributed by atoms with van der Waals surface area (Å²) in [6, 6.07) is 18.1. The number of aliphatic hydroxyl groups excluding tert-OH is 1. The Hall–Kier alpha value is -2.39. The Bertz CT molecular complexity index is 601. The molecule has 0 atom stereocenters. The van der Waals surface area contributed by atoms with E-state index >= 15 is 0 Å². The topological polar surface area (TPSA) is 49.3 Å². The molecule has 2 aromatic rings. The first-order valence-corrected chi connectivity index (χ1v) is 6.43. The van der Waals surface area contributed by atoms with Crippen molar-refractivity contribution >= 4 is 12.0 Å². The highest BCUT2D eigenvalue weighted by Gasteiger charge is 2.00. The molecule has 0 aliphatic rings. The highest BCUT2D eigenvalue weighted by atomic mass is 16.3. The van der Waals surface area contributed by atoms with Crippen LogP contribution in [-0.2, 0) is 4.79 Å². The Morgan fingerprint density at radius 3 is 2.20 bits per heavy atom. The lowest BCUT2D eigenvalue weighted by atomic mass is 10.0. The highest BCUT2D eigenvalue weighted by molar-refractivity contribution is 5.76. The SMILES string of the molecule is CC(=O)NC(=Cc1ccc(-c2ccccc2)cc1)CO. The van der Waals surface area contributed by atoms with Gasteiger partial charge in [-0.2, -0.15) is 0 Å². The molecule has 0 aromatic heterocycles. The van der Waals surface area contributed by atoms with Crippen LogP contribution in [0.4, 0.5) is 0 Å². The molecule has 2 N–H and O–H groups in total. The zero-order valence-electron chi connectivity index (χ0n) is 11.3. The van der Waals surface area contributed by atoms with Crippen molar-refractivity contribution in [1.29, 1.82) is 0 Å². The van der Waals surface area contributed by atoms with Crippen molar-refractivity contribution in [2.24, 2.45) is 0 Å². The Morgan fingerprint density at radius 2 is 1.65 bits per heavy atom. The molecule has 1 amide bonds. The molecule has 0 heterocycles. The van der Waals surface area contributed by atoms with E-state index in [0.29, 0.717) is 5.70 Å². The highest BCUT2D eigenvalue weighted by Crippen LogP contribution is 2.19. The third kappa shape index (κ3) is 3.80. The maximum absolute atomic E-state index is 11.0. The molecule has 0 aliphatic carbocycles. The summed E-state index contributed by atoms with van der Waals surface area (Å²) in [5, 5.41) is 11.8. The van der Waals surface area contributed by atoms with Crippen LogP contribution < -0.4 is 5.32 Å². The first kappa shape index (κ1) is 14.0. The van der Waals surface area contributed by atoms with Crippen LogP contribution in [0, 0.1) is 0 Å². The molecule has 2 rings (SSSR count). The molecular weight excluding hydrogens is 250 g/mol. The quantitative estimate of drug-likeness (QED) is 0.895. The Labute approximate surface area is 118 Å². The second-order valence-corrected chi connectivity index (χ2v) is 4.50. The number of carbonyl (C=O) groups excluding carboxylic acids is 1. The van der Waals surface area contributed by atoms with Crippen molar-refractivity contribution in [3.8, 4) is 11.1 Å². The lowest BCUT2D eigenvalue weighted by Gasteiger charge is -2.06. The minimum Gasteiger partial charge on any atom is -0.390 e. The van der Waals surface area contributed by atoms with Gasteiger partial charge in [-0.3, -0.25) is 4.79 Å². The summed E-state index contributed by atoms with van der Waals surface area (Å²) in [4.78, 5) is 11.0. The lowest BCUT2D eigenvalue weighted by Crippen LogP contribution is -2.21. The Balaban J connectivity index is 2.20. The molecule has 20 heavy (non-hydrogen) atoms. The van der Waals surface area contributed by atoms with Gasteiger partial charge in [0.25, 0.3) is 0 Å². The van der Waals surface area contributed by atoms with Gasteiger partial charge in [0, 0.05) is 12.6 Å². The average Bonchev–Trinajstić information content (AvgIpc) is 2.48. The Kier molecular flexibility index (Phi) is 4.69. The minimum atomic E-state index is -0.194.